The lowest BCUT2D eigenvalue weighted by Gasteiger charge is -2.13. The van der Waals surface area contributed by atoms with Gasteiger partial charge in [0.1, 0.15) is 5.75 Å². The van der Waals surface area contributed by atoms with Gasteiger partial charge in [-0.05, 0) is 5.56 Å². The molecule has 19 heavy (non-hydrogen) atoms. The van der Waals surface area contributed by atoms with E-state index in [0.717, 1.165) is 5.56 Å². The SMILES string of the molecule is CCS(=O)(=O)CC(=O)NCC(N)c1ccccc1.Cl. The highest BCUT2D eigenvalue weighted by molar-refractivity contribution is 7.92. The van der Waals surface area contributed by atoms with E-state index in [1.54, 1.807) is 0 Å². The molecule has 1 atom stereocenters. The summed E-state index contributed by atoms with van der Waals surface area (Å²) in [6, 6.07) is 8.98. The molecule has 0 radical (unpaired) electrons. The van der Waals surface area contributed by atoms with Gasteiger partial charge >= 0.3 is 0 Å². The fourth-order valence-corrected chi connectivity index (χ4v) is 2.10. The molecule has 7 heteroatoms. The first-order valence-electron chi connectivity index (χ1n) is 5.72. The van der Waals surface area contributed by atoms with Crippen LogP contribution in [0.4, 0.5) is 0 Å². The second-order valence-corrected chi connectivity index (χ2v) is 6.35. The Kier molecular flexibility index (Phi) is 7.66. The van der Waals surface area contributed by atoms with Crippen LogP contribution in [0.25, 0.3) is 0 Å². The first-order chi connectivity index (χ1) is 8.44. The molecule has 0 aromatic heterocycles. The van der Waals surface area contributed by atoms with E-state index in [2.05, 4.69) is 5.32 Å². The summed E-state index contributed by atoms with van der Waals surface area (Å²) in [6.45, 7) is 1.74. The van der Waals surface area contributed by atoms with E-state index in [9.17, 15) is 13.2 Å². The first kappa shape index (κ1) is 17.9. The van der Waals surface area contributed by atoms with Gasteiger partial charge in [0.15, 0.2) is 9.84 Å². The van der Waals surface area contributed by atoms with Crippen LogP contribution in [0.2, 0.25) is 0 Å². The maximum Gasteiger partial charge on any atom is 0.235 e. The van der Waals surface area contributed by atoms with E-state index < -0.39 is 21.5 Å². The van der Waals surface area contributed by atoms with E-state index in [1.807, 2.05) is 30.3 Å². The van der Waals surface area contributed by atoms with Gasteiger partial charge < -0.3 is 11.1 Å². The highest BCUT2D eigenvalue weighted by Crippen LogP contribution is 2.07. The number of hydrogen-bond donors (Lipinski definition) is 2. The van der Waals surface area contributed by atoms with Crippen molar-refractivity contribution in [3.63, 3.8) is 0 Å². The molecule has 1 aromatic rings. The number of carbonyl (C=O) groups excluding carboxylic acids is 1. The highest BCUT2D eigenvalue weighted by Gasteiger charge is 2.15. The predicted octanol–water partition coefficient (Wildman–Crippen LogP) is 0.659. The van der Waals surface area contributed by atoms with Gasteiger partial charge in [-0.3, -0.25) is 4.79 Å². The first-order valence-corrected chi connectivity index (χ1v) is 7.54. The standard InChI is InChI=1S/C12H18N2O3S.ClH/c1-2-18(16,17)9-12(15)14-8-11(13)10-6-4-3-5-7-10;/h3-7,11H,2,8-9,13H2,1H3,(H,14,15);1H. The Hall–Kier alpha value is -1.11. The van der Waals surface area contributed by atoms with Gasteiger partial charge in [0.2, 0.25) is 5.91 Å². The summed E-state index contributed by atoms with van der Waals surface area (Å²) in [5.41, 5.74) is 6.77. The van der Waals surface area contributed by atoms with Crippen LogP contribution in [0.1, 0.15) is 18.5 Å². The van der Waals surface area contributed by atoms with E-state index in [1.165, 1.54) is 6.92 Å². The zero-order valence-corrected chi connectivity index (χ0v) is 12.3. The number of benzene rings is 1. The minimum Gasteiger partial charge on any atom is -0.353 e. The van der Waals surface area contributed by atoms with Crippen LogP contribution in [0, 0.1) is 0 Å². The van der Waals surface area contributed by atoms with Gasteiger partial charge in [-0.1, -0.05) is 37.3 Å². The molecule has 108 valence electrons. The van der Waals surface area contributed by atoms with E-state index in [-0.39, 0.29) is 30.7 Å². The molecule has 0 spiro atoms. The van der Waals surface area contributed by atoms with Crippen LogP contribution in [0.5, 0.6) is 0 Å². The van der Waals surface area contributed by atoms with Crippen LogP contribution >= 0.6 is 12.4 Å². The molecule has 1 unspecified atom stereocenters. The van der Waals surface area contributed by atoms with Crippen LogP contribution in [0.3, 0.4) is 0 Å². The summed E-state index contributed by atoms with van der Waals surface area (Å²) in [5.74, 6) is -1.03. The van der Waals surface area contributed by atoms with Gasteiger partial charge in [-0.2, -0.15) is 0 Å². The van der Waals surface area contributed by atoms with Crippen molar-refractivity contribution in [3.8, 4) is 0 Å². The molecule has 1 amide bonds. The quantitative estimate of drug-likeness (QED) is 0.808. The van der Waals surface area contributed by atoms with E-state index in [4.69, 9.17) is 5.73 Å². The maximum absolute atomic E-state index is 11.4. The fraction of sp³-hybridized carbons (Fsp3) is 0.417. The van der Waals surface area contributed by atoms with Gasteiger partial charge in [0, 0.05) is 18.3 Å². The van der Waals surface area contributed by atoms with Crippen LogP contribution in [-0.2, 0) is 14.6 Å². The average molecular weight is 307 g/mol. The minimum absolute atomic E-state index is 0. The normalized spacial score (nSPS) is 12.3. The van der Waals surface area contributed by atoms with Gasteiger partial charge in [-0.15, -0.1) is 12.4 Å². The number of nitrogens with one attached hydrogen (secondary N) is 1. The lowest BCUT2D eigenvalue weighted by Crippen LogP contribution is -2.36. The summed E-state index contributed by atoms with van der Waals surface area (Å²) in [7, 11) is -3.28. The number of halogens is 1. The zero-order chi connectivity index (χ0) is 13.6. The van der Waals surface area contributed by atoms with Crippen molar-refractivity contribution in [3.05, 3.63) is 35.9 Å². The van der Waals surface area contributed by atoms with Crippen LogP contribution in [0.15, 0.2) is 30.3 Å². The molecular formula is C12H19ClN2O3S. The Morgan fingerprint density at radius 1 is 1.32 bits per heavy atom. The number of rotatable bonds is 6. The largest absolute Gasteiger partial charge is 0.353 e. The third-order valence-corrected chi connectivity index (χ3v) is 4.12. The minimum atomic E-state index is -3.28. The lowest BCUT2D eigenvalue weighted by molar-refractivity contribution is -0.118. The summed E-state index contributed by atoms with van der Waals surface area (Å²) in [5, 5.41) is 2.53. The molecule has 0 saturated carbocycles. The molecule has 5 nitrogen and oxygen atoms in total. The molecule has 1 rings (SSSR count). The topological polar surface area (TPSA) is 89.3 Å². The Balaban J connectivity index is 0.00000324. The average Bonchev–Trinajstić information content (AvgIpc) is 2.36. The van der Waals surface area contributed by atoms with Gasteiger partial charge in [0.05, 0.1) is 0 Å². The Labute approximate surface area is 119 Å². The van der Waals surface area contributed by atoms with E-state index in [0.29, 0.717) is 0 Å². The van der Waals surface area contributed by atoms with Crippen molar-refractivity contribution in [1.29, 1.82) is 0 Å². The highest BCUT2D eigenvalue weighted by atomic mass is 35.5. The molecule has 0 bridgehead atoms. The molecule has 0 aliphatic carbocycles. The Morgan fingerprint density at radius 2 is 1.89 bits per heavy atom. The number of nitrogens with two attached hydrogens (primary N) is 1. The van der Waals surface area contributed by atoms with Crippen molar-refractivity contribution >= 4 is 28.2 Å². The summed E-state index contributed by atoms with van der Waals surface area (Å²) in [4.78, 5) is 11.4. The molecule has 0 aliphatic rings. The van der Waals surface area contributed by atoms with Crippen LogP contribution < -0.4 is 11.1 Å². The van der Waals surface area contributed by atoms with Crippen LogP contribution in [-0.4, -0.2) is 32.4 Å². The molecule has 0 aliphatic heterocycles. The molecule has 0 fully saturated rings. The molecule has 1 aromatic carbocycles. The number of hydrogen-bond acceptors (Lipinski definition) is 4. The molecular weight excluding hydrogens is 288 g/mol. The lowest BCUT2D eigenvalue weighted by atomic mass is 10.1. The third kappa shape index (κ3) is 6.56. The predicted molar refractivity (Wildman–Crippen MR) is 78.0 cm³/mol. The van der Waals surface area contributed by atoms with Crippen molar-refractivity contribution in [2.24, 2.45) is 5.73 Å². The van der Waals surface area contributed by atoms with Crippen molar-refractivity contribution in [1.82, 2.24) is 5.32 Å². The molecule has 0 heterocycles. The maximum atomic E-state index is 11.4. The number of carbonyl (C=O) groups is 1. The fourth-order valence-electron chi connectivity index (χ4n) is 1.39. The zero-order valence-electron chi connectivity index (χ0n) is 10.7. The smallest absolute Gasteiger partial charge is 0.235 e. The second kappa shape index (κ2) is 8.14. The summed E-state index contributed by atoms with van der Waals surface area (Å²) in [6.07, 6.45) is 0. The monoisotopic (exact) mass is 306 g/mol. The molecule has 3 N–H and O–H groups in total. The van der Waals surface area contributed by atoms with Crippen molar-refractivity contribution < 1.29 is 13.2 Å². The Bertz CT molecular complexity index is 491. The number of amides is 1. The summed E-state index contributed by atoms with van der Waals surface area (Å²) < 4.78 is 22.5. The number of sulfone groups is 1. The van der Waals surface area contributed by atoms with Crippen molar-refractivity contribution in [2.75, 3.05) is 18.1 Å². The van der Waals surface area contributed by atoms with E-state index >= 15 is 0 Å². The molecule has 0 saturated heterocycles. The third-order valence-electron chi connectivity index (χ3n) is 2.54. The van der Waals surface area contributed by atoms with Gasteiger partial charge in [-0.25, -0.2) is 8.42 Å². The second-order valence-electron chi connectivity index (χ2n) is 4.00. The Morgan fingerprint density at radius 3 is 2.42 bits per heavy atom. The summed E-state index contributed by atoms with van der Waals surface area (Å²) >= 11 is 0. The van der Waals surface area contributed by atoms with Gasteiger partial charge in [0.25, 0.3) is 0 Å². The van der Waals surface area contributed by atoms with Crippen molar-refractivity contribution in [2.45, 2.75) is 13.0 Å².